The van der Waals surface area contributed by atoms with E-state index in [1.165, 1.54) is 0 Å². The molecule has 1 N–H and O–H groups in total. The summed E-state index contributed by atoms with van der Waals surface area (Å²) < 4.78 is 23.8. The van der Waals surface area contributed by atoms with Crippen molar-refractivity contribution in [1.29, 1.82) is 0 Å². The molecular weight excluding hydrogens is 395 g/mol. The smallest absolute Gasteiger partial charge is 0.533 e. The van der Waals surface area contributed by atoms with E-state index in [-0.39, 0.29) is 30.0 Å². The number of nitrogens with one attached hydrogen (secondary N) is 1. The van der Waals surface area contributed by atoms with Gasteiger partial charge in [-0.1, -0.05) is 18.2 Å². The van der Waals surface area contributed by atoms with Crippen molar-refractivity contribution in [3.8, 4) is 5.75 Å². The van der Waals surface area contributed by atoms with E-state index >= 15 is 0 Å². The topological polar surface area (TPSA) is 82.8 Å². The lowest BCUT2D eigenvalue weighted by molar-refractivity contribution is -0.127. The van der Waals surface area contributed by atoms with Crippen molar-refractivity contribution in [3.63, 3.8) is 0 Å². The van der Waals surface area contributed by atoms with Crippen LogP contribution >= 0.6 is 0 Å². The molecule has 5 heterocycles. The molecule has 1 amide bonds. The van der Waals surface area contributed by atoms with Crippen molar-refractivity contribution in [3.05, 3.63) is 60.1 Å². The zero-order valence-electron chi connectivity index (χ0n) is 17.0. The van der Waals surface area contributed by atoms with Gasteiger partial charge in [0.25, 0.3) is 0 Å². The van der Waals surface area contributed by atoms with Gasteiger partial charge < -0.3 is 23.8 Å². The van der Waals surface area contributed by atoms with Gasteiger partial charge in [0, 0.05) is 17.1 Å². The van der Waals surface area contributed by atoms with E-state index in [4.69, 9.17) is 18.5 Å². The van der Waals surface area contributed by atoms with Gasteiger partial charge in [0.2, 0.25) is 5.91 Å². The van der Waals surface area contributed by atoms with Crippen LogP contribution in [0.15, 0.2) is 53.4 Å². The molecule has 31 heavy (non-hydrogen) atoms. The number of carbonyl (C=O) groups is 1. The standard InChI is InChI=1S/C23H23BN2O5/c27-23(18-10-16-5-6-20(18)30-16)26-22(9-15-12-28-19-4-2-1-3-17(15)19)24-29-13-14-7-8-25-11-21(14)31-24/h1-4,7-8,11-12,16,18,20,22H,5-6,9-10,13H2,(H,26,27)/t16-,18-,20+,22+/m1/s1. The van der Waals surface area contributed by atoms with Crippen LogP contribution in [0.1, 0.15) is 30.4 Å². The Morgan fingerprint density at radius 1 is 1.26 bits per heavy atom. The van der Waals surface area contributed by atoms with E-state index in [1.54, 1.807) is 18.7 Å². The van der Waals surface area contributed by atoms with Gasteiger partial charge in [-0.15, -0.1) is 0 Å². The number of benzene rings is 1. The molecule has 3 aliphatic heterocycles. The summed E-state index contributed by atoms with van der Waals surface area (Å²) in [5.74, 6) is 0.216. The molecule has 4 atom stereocenters. The zero-order valence-corrected chi connectivity index (χ0v) is 17.0. The van der Waals surface area contributed by atoms with Gasteiger partial charge in [-0.25, -0.2) is 0 Å². The number of ether oxygens (including phenoxy) is 1. The Kier molecular flexibility index (Phi) is 4.69. The fourth-order valence-corrected chi connectivity index (χ4v) is 5.01. The summed E-state index contributed by atoms with van der Waals surface area (Å²) in [6.45, 7) is 0.415. The molecule has 7 nitrogen and oxygen atoms in total. The summed E-state index contributed by atoms with van der Waals surface area (Å²) in [7, 11) is -0.617. The molecule has 1 aromatic carbocycles. The summed E-state index contributed by atoms with van der Waals surface area (Å²) in [5.41, 5.74) is 2.78. The number of para-hydroxylation sites is 1. The number of pyridine rings is 1. The van der Waals surface area contributed by atoms with Crippen LogP contribution in [0, 0.1) is 5.92 Å². The van der Waals surface area contributed by atoms with E-state index in [1.807, 2.05) is 30.3 Å². The van der Waals surface area contributed by atoms with Crippen molar-refractivity contribution in [1.82, 2.24) is 10.3 Å². The zero-order chi connectivity index (χ0) is 20.8. The van der Waals surface area contributed by atoms with Gasteiger partial charge in [-0.05, 0) is 43.4 Å². The van der Waals surface area contributed by atoms with Crippen LogP contribution in [-0.2, 0) is 27.2 Å². The van der Waals surface area contributed by atoms with Crippen molar-refractivity contribution in [2.24, 2.45) is 5.92 Å². The Bertz CT molecular complexity index is 1120. The van der Waals surface area contributed by atoms with E-state index in [0.29, 0.717) is 18.8 Å². The van der Waals surface area contributed by atoms with Crippen molar-refractivity contribution in [2.75, 3.05) is 0 Å². The minimum atomic E-state index is -0.617. The number of fused-ring (bicyclic) bond motifs is 4. The van der Waals surface area contributed by atoms with E-state index in [2.05, 4.69) is 10.3 Å². The minimum Gasteiger partial charge on any atom is -0.533 e. The van der Waals surface area contributed by atoms with Gasteiger partial charge >= 0.3 is 7.12 Å². The molecule has 0 radical (unpaired) electrons. The quantitative estimate of drug-likeness (QED) is 0.642. The Labute approximate surface area is 180 Å². The maximum atomic E-state index is 13.2. The molecule has 158 valence electrons. The molecule has 0 aliphatic carbocycles. The van der Waals surface area contributed by atoms with Crippen LogP contribution in [0.3, 0.4) is 0 Å². The lowest BCUT2D eigenvalue weighted by Crippen LogP contribution is -2.55. The highest BCUT2D eigenvalue weighted by Crippen LogP contribution is 2.39. The van der Waals surface area contributed by atoms with Crippen molar-refractivity contribution >= 4 is 24.0 Å². The molecular formula is C23H23BN2O5. The monoisotopic (exact) mass is 418 g/mol. The first kappa shape index (κ1) is 18.9. The summed E-state index contributed by atoms with van der Waals surface area (Å²) in [6, 6.07) is 9.78. The molecule has 8 heteroatoms. The van der Waals surface area contributed by atoms with E-state index in [0.717, 1.165) is 41.4 Å². The largest absolute Gasteiger partial charge is 0.550 e. The summed E-state index contributed by atoms with van der Waals surface area (Å²) in [4.78, 5) is 17.3. The first-order valence-electron chi connectivity index (χ1n) is 10.9. The van der Waals surface area contributed by atoms with Gasteiger partial charge in [-0.3, -0.25) is 9.78 Å². The molecule has 3 aromatic rings. The fourth-order valence-electron chi connectivity index (χ4n) is 5.01. The van der Waals surface area contributed by atoms with Crippen LogP contribution in [-0.4, -0.2) is 36.2 Å². The molecule has 0 saturated carbocycles. The molecule has 0 unspecified atom stereocenters. The maximum absolute atomic E-state index is 13.2. The second-order valence-corrected chi connectivity index (χ2v) is 8.57. The lowest BCUT2D eigenvalue weighted by atomic mass is 9.73. The highest BCUT2D eigenvalue weighted by Gasteiger charge is 2.46. The first-order chi connectivity index (χ1) is 15.2. The molecule has 2 fully saturated rings. The summed E-state index contributed by atoms with van der Waals surface area (Å²) in [5, 5.41) is 4.25. The number of hydrogen-bond donors (Lipinski definition) is 1. The summed E-state index contributed by atoms with van der Waals surface area (Å²) >= 11 is 0. The third kappa shape index (κ3) is 3.49. The van der Waals surface area contributed by atoms with Crippen LogP contribution in [0.2, 0.25) is 0 Å². The van der Waals surface area contributed by atoms with Crippen molar-refractivity contribution in [2.45, 2.75) is 50.4 Å². The Hall–Kier alpha value is -2.84. The van der Waals surface area contributed by atoms with E-state index < -0.39 is 7.12 Å². The number of amides is 1. The minimum absolute atomic E-state index is 0.00850. The summed E-state index contributed by atoms with van der Waals surface area (Å²) in [6.07, 6.45) is 8.74. The first-order valence-corrected chi connectivity index (χ1v) is 10.9. The predicted molar refractivity (Wildman–Crippen MR) is 113 cm³/mol. The molecule has 3 aliphatic rings. The lowest BCUT2D eigenvalue weighted by Gasteiger charge is -2.30. The average molecular weight is 418 g/mol. The maximum Gasteiger partial charge on any atom is 0.550 e. The number of furan rings is 1. The Balaban J connectivity index is 1.26. The van der Waals surface area contributed by atoms with Gasteiger partial charge in [0.1, 0.15) is 11.3 Å². The van der Waals surface area contributed by atoms with Crippen LogP contribution < -0.4 is 9.97 Å². The highest BCUT2D eigenvalue weighted by atomic mass is 16.6. The number of hydrogen-bond acceptors (Lipinski definition) is 6. The van der Waals surface area contributed by atoms with Gasteiger partial charge in [-0.2, -0.15) is 0 Å². The van der Waals surface area contributed by atoms with E-state index in [9.17, 15) is 4.79 Å². The molecule has 2 bridgehead atoms. The number of aromatic nitrogens is 1. The Morgan fingerprint density at radius 2 is 2.19 bits per heavy atom. The number of carbonyl (C=O) groups excluding carboxylic acids is 1. The molecule has 2 aromatic heterocycles. The normalized spacial score (nSPS) is 25.3. The third-order valence-corrected chi connectivity index (χ3v) is 6.62. The Morgan fingerprint density at radius 3 is 3.06 bits per heavy atom. The highest BCUT2D eigenvalue weighted by molar-refractivity contribution is 6.48. The van der Waals surface area contributed by atoms with Gasteiger partial charge in [0.15, 0.2) is 0 Å². The third-order valence-electron chi connectivity index (χ3n) is 6.62. The molecule has 6 rings (SSSR count). The van der Waals surface area contributed by atoms with Crippen LogP contribution in [0.5, 0.6) is 5.75 Å². The average Bonchev–Trinajstić information content (AvgIpc) is 3.54. The number of rotatable bonds is 5. The van der Waals surface area contributed by atoms with Gasteiger partial charge in [0.05, 0.1) is 43.1 Å². The number of nitrogens with zero attached hydrogens (tertiary/aromatic N) is 1. The second-order valence-electron chi connectivity index (χ2n) is 8.57. The van der Waals surface area contributed by atoms with Crippen molar-refractivity contribution < 1.29 is 23.3 Å². The van der Waals surface area contributed by atoms with Crippen LogP contribution in [0.25, 0.3) is 11.0 Å². The molecule has 2 saturated heterocycles. The second kappa shape index (κ2) is 7.69. The molecule has 0 spiro atoms. The van der Waals surface area contributed by atoms with Crippen LogP contribution in [0.4, 0.5) is 0 Å². The fraction of sp³-hybridized carbons (Fsp3) is 0.391. The predicted octanol–water partition coefficient (Wildman–Crippen LogP) is 3.06. The SMILES string of the molecule is O=C(N[C@@H](Cc1coc2ccccc12)B1OCc2ccncc2O1)[C@@H]1C[C@H]2CC[C@@H]1O2.